The molecular weight excluding hydrogens is 194 g/mol. The van der Waals surface area contributed by atoms with Crippen LogP contribution in [-0.2, 0) is 0 Å². The third-order valence-corrected chi connectivity index (χ3v) is 2.15. The van der Waals surface area contributed by atoms with Crippen LogP contribution in [0, 0.1) is 0 Å². The summed E-state index contributed by atoms with van der Waals surface area (Å²) >= 11 is 5.86. The van der Waals surface area contributed by atoms with Crippen molar-refractivity contribution in [2.75, 3.05) is 13.6 Å². The Hall–Kier alpha value is 0.250. The van der Waals surface area contributed by atoms with Gasteiger partial charge in [0.15, 0.2) is 0 Å². The molecule has 1 nitrogen and oxygen atoms in total. The summed E-state index contributed by atoms with van der Waals surface area (Å²) in [5, 5.41) is 0.398. The van der Waals surface area contributed by atoms with Gasteiger partial charge in [-0.1, -0.05) is 41.5 Å². The van der Waals surface area contributed by atoms with E-state index >= 15 is 0 Å². The smallest absolute Gasteiger partial charge is 0.0477 e. The first-order valence-corrected chi connectivity index (χ1v) is 6.48. The maximum Gasteiger partial charge on any atom is 0.0477 e. The second kappa shape index (κ2) is 15.7. The van der Waals surface area contributed by atoms with E-state index in [9.17, 15) is 0 Å². The molecule has 14 heavy (non-hydrogen) atoms. The minimum absolute atomic E-state index is 0.398. The molecule has 1 aliphatic heterocycles. The summed E-state index contributed by atoms with van der Waals surface area (Å²) in [4.78, 5) is 2.29. The molecule has 90 valence electrons. The van der Waals surface area contributed by atoms with Crippen molar-refractivity contribution in [3.05, 3.63) is 0 Å². The van der Waals surface area contributed by atoms with E-state index in [1.165, 1.54) is 0 Å². The van der Waals surface area contributed by atoms with Crippen LogP contribution >= 0.6 is 11.6 Å². The van der Waals surface area contributed by atoms with Crippen LogP contribution < -0.4 is 0 Å². The van der Waals surface area contributed by atoms with E-state index < -0.39 is 0 Å². The van der Waals surface area contributed by atoms with Crippen molar-refractivity contribution in [2.45, 2.75) is 66.3 Å². The predicted molar refractivity (Wildman–Crippen MR) is 70.4 cm³/mol. The molecule has 0 spiro atoms. The average Bonchev–Trinajstić information content (AvgIpc) is 2.53. The fourth-order valence-corrected chi connectivity index (χ4v) is 1.59. The maximum atomic E-state index is 5.86. The van der Waals surface area contributed by atoms with E-state index in [0.29, 0.717) is 11.4 Å². The molecule has 0 aromatic heterocycles. The highest BCUT2D eigenvalue weighted by atomic mass is 35.5. The normalized spacial score (nSPS) is 24.6. The van der Waals surface area contributed by atoms with Crippen molar-refractivity contribution in [2.24, 2.45) is 0 Å². The summed E-state index contributed by atoms with van der Waals surface area (Å²) in [7, 11) is 2.12. The lowest BCUT2D eigenvalue weighted by atomic mass is 10.2. The van der Waals surface area contributed by atoms with Gasteiger partial charge in [0.05, 0.1) is 0 Å². The lowest BCUT2D eigenvalue weighted by Crippen LogP contribution is -2.21. The summed E-state index contributed by atoms with van der Waals surface area (Å²) < 4.78 is 0. The van der Waals surface area contributed by atoms with Gasteiger partial charge < -0.3 is 4.90 Å². The summed E-state index contributed by atoms with van der Waals surface area (Å²) in [6.07, 6.45) is 1.15. The highest BCUT2D eigenvalue weighted by Crippen LogP contribution is 2.18. The van der Waals surface area contributed by atoms with Gasteiger partial charge in [0.25, 0.3) is 0 Å². The molecule has 2 atom stereocenters. The predicted octanol–water partition coefficient (Wildman–Crippen LogP) is 4.40. The standard InChI is InChI=1S/C6H12ClN.3C2H6/c1-5-3-6(7)4-8(5)2;3*1-2/h5-6H,3-4H2,1-2H3;3*1-2H3. The second-order valence-corrected chi connectivity index (χ2v) is 3.24. The molecule has 2 unspecified atom stereocenters. The third-order valence-electron chi connectivity index (χ3n) is 1.84. The molecule has 0 aromatic carbocycles. The molecule has 0 bridgehead atoms. The number of likely N-dealkylation sites (tertiary alicyclic amines) is 1. The highest BCUT2D eigenvalue weighted by Gasteiger charge is 2.23. The zero-order chi connectivity index (χ0) is 12.1. The Labute approximate surface area is 96.8 Å². The molecule has 0 aliphatic carbocycles. The van der Waals surface area contributed by atoms with Crippen molar-refractivity contribution in [3.63, 3.8) is 0 Å². The zero-order valence-corrected chi connectivity index (χ0v) is 12.2. The lowest BCUT2D eigenvalue weighted by molar-refractivity contribution is 0.331. The van der Waals surface area contributed by atoms with Crippen LogP contribution in [0.25, 0.3) is 0 Å². The molecule has 2 heteroatoms. The van der Waals surface area contributed by atoms with Crippen molar-refractivity contribution in [1.82, 2.24) is 4.90 Å². The SMILES string of the molecule is CC.CC.CC.CC1CC(Cl)CN1C. The van der Waals surface area contributed by atoms with E-state index in [1.807, 2.05) is 41.5 Å². The molecular formula is C12H30ClN. The largest absolute Gasteiger partial charge is 0.302 e. The maximum absolute atomic E-state index is 5.86. The molecule has 1 aliphatic rings. The lowest BCUT2D eigenvalue weighted by Gasteiger charge is -2.11. The first-order valence-electron chi connectivity index (χ1n) is 6.04. The van der Waals surface area contributed by atoms with Crippen LogP contribution in [0.5, 0.6) is 0 Å². The van der Waals surface area contributed by atoms with Gasteiger partial charge in [-0.05, 0) is 20.4 Å². The van der Waals surface area contributed by atoms with E-state index in [1.54, 1.807) is 0 Å². The van der Waals surface area contributed by atoms with Crippen molar-refractivity contribution in [1.29, 1.82) is 0 Å². The van der Waals surface area contributed by atoms with E-state index in [4.69, 9.17) is 11.6 Å². The van der Waals surface area contributed by atoms with Gasteiger partial charge in [0.1, 0.15) is 0 Å². The summed E-state index contributed by atoms with van der Waals surface area (Å²) in [6, 6.07) is 0.692. The molecule has 0 N–H and O–H groups in total. The van der Waals surface area contributed by atoms with Crippen LogP contribution in [0.4, 0.5) is 0 Å². The number of rotatable bonds is 0. The summed E-state index contributed by atoms with van der Waals surface area (Å²) in [6.45, 7) is 15.3. The summed E-state index contributed by atoms with van der Waals surface area (Å²) in [5.74, 6) is 0. The molecule has 0 radical (unpaired) electrons. The van der Waals surface area contributed by atoms with E-state index in [-0.39, 0.29) is 0 Å². The van der Waals surface area contributed by atoms with Crippen LogP contribution in [0.15, 0.2) is 0 Å². The number of hydrogen-bond donors (Lipinski definition) is 0. The number of halogens is 1. The van der Waals surface area contributed by atoms with Crippen LogP contribution in [-0.4, -0.2) is 29.9 Å². The van der Waals surface area contributed by atoms with Gasteiger partial charge in [-0.3, -0.25) is 0 Å². The summed E-state index contributed by atoms with van der Waals surface area (Å²) in [5.41, 5.74) is 0. The fraction of sp³-hybridized carbons (Fsp3) is 1.00. The molecule has 0 aromatic rings. The first-order chi connectivity index (χ1) is 6.70. The van der Waals surface area contributed by atoms with Gasteiger partial charge in [-0.15, -0.1) is 11.6 Å². The molecule has 1 heterocycles. The topological polar surface area (TPSA) is 3.24 Å². The number of nitrogens with zero attached hydrogens (tertiary/aromatic N) is 1. The Morgan fingerprint density at radius 2 is 1.36 bits per heavy atom. The number of alkyl halides is 1. The Kier molecular flexibility index (Phi) is 22.2. The number of hydrogen-bond acceptors (Lipinski definition) is 1. The van der Waals surface area contributed by atoms with Gasteiger partial charge in [-0.25, -0.2) is 0 Å². The fourth-order valence-electron chi connectivity index (χ4n) is 1.12. The second-order valence-electron chi connectivity index (χ2n) is 2.62. The quantitative estimate of drug-likeness (QED) is 0.551. The molecule has 1 rings (SSSR count). The van der Waals surface area contributed by atoms with Gasteiger partial charge in [0, 0.05) is 18.0 Å². The Bertz CT molecular complexity index is 76.4. The van der Waals surface area contributed by atoms with Crippen molar-refractivity contribution in [3.8, 4) is 0 Å². The Morgan fingerprint density at radius 3 is 1.43 bits per heavy atom. The van der Waals surface area contributed by atoms with Crippen LogP contribution in [0.1, 0.15) is 54.9 Å². The minimum atomic E-state index is 0.398. The molecule has 1 fully saturated rings. The first kappa shape index (κ1) is 19.8. The average molecular weight is 224 g/mol. The van der Waals surface area contributed by atoms with E-state index in [0.717, 1.165) is 13.0 Å². The zero-order valence-electron chi connectivity index (χ0n) is 11.4. The van der Waals surface area contributed by atoms with Crippen molar-refractivity contribution >= 4 is 11.6 Å². The van der Waals surface area contributed by atoms with Gasteiger partial charge in [0.2, 0.25) is 0 Å². The van der Waals surface area contributed by atoms with Crippen molar-refractivity contribution < 1.29 is 0 Å². The Balaban J connectivity index is -0.000000174. The van der Waals surface area contributed by atoms with E-state index in [2.05, 4.69) is 18.9 Å². The Morgan fingerprint density at radius 1 is 1.00 bits per heavy atom. The van der Waals surface area contributed by atoms with Gasteiger partial charge >= 0.3 is 0 Å². The third kappa shape index (κ3) is 10.3. The van der Waals surface area contributed by atoms with Gasteiger partial charge in [-0.2, -0.15) is 0 Å². The highest BCUT2D eigenvalue weighted by molar-refractivity contribution is 6.21. The minimum Gasteiger partial charge on any atom is -0.302 e. The molecule has 1 saturated heterocycles. The molecule has 0 amide bonds. The van der Waals surface area contributed by atoms with Crippen LogP contribution in [0.3, 0.4) is 0 Å². The van der Waals surface area contributed by atoms with Crippen LogP contribution in [0.2, 0.25) is 0 Å². The molecule has 0 saturated carbocycles. The monoisotopic (exact) mass is 223 g/mol.